The Balaban J connectivity index is 2.20. The molecule has 0 aliphatic heterocycles. The maximum atomic E-state index is 11.7. The third-order valence-electron chi connectivity index (χ3n) is 2.12. The topological polar surface area (TPSA) is 82.2 Å². The highest BCUT2D eigenvalue weighted by molar-refractivity contribution is 6.02. The van der Waals surface area contributed by atoms with Crippen molar-refractivity contribution in [1.29, 1.82) is 0 Å². The van der Waals surface area contributed by atoms with Crippen LogP contribution in [0.3, 0.4) is 0 Å². The second kappa shape index (κ2) is 4.52. The number of aromatic amines is 1. The lowest BCUT2D eigenvalue weighted by atomic mass is 10.3. The van der Waals surface area contributed by atoms with Crippen molar-refractivity contribution >= 4 is 11.6 Å². The van der Waals surface area contributed by atoms with E-state index < -0.39 is 5.91 Å². The fourth-order valence-electron chi connectivity index (χ4n) is 1.36. The number of pyridine rings is 1. The van der Waals surface area contributed by atoms with Crippen LogP contribution in [0.15, 0.2) is 47.3 Å². The molecule has 0 atom stereocenters. The summed E-state index contributed by atoms with van der Waals surface area (Å²) >= 11 is 0. The van der Waals surface area contributed by atoms with Crippen LogP contribution in [-0.2, 0) is 0 Å². The first-order chi connectivity index (χ1) is 8.15. The van der Waals surface area contributed by atoms with Crippen LogP contribution in [0.25, 0.3) is 0 Å². The van der Waals surface area contributed by atoms with Crippen molar-refractivity contribution in [2.75, 3.05) is 5.32 Å². The van der Waals surface area contributed by atoms with Crippen LogP contribution in [0.5, 0.6) is 5.75 Å². The number of amides is 1. The van der Waals surface area contributed by atoms with Crippen molar-refractivity contribution in [3.63, 3.8) is 0 Å². The number of H-pyrrole nitrogens is 1. The maximum Gasteiger partial charge on any atom is 0.272 e. The number of phenolic OH excluding ortho intramolecular Hbond substituents is 1. The van der Waals surface area contributed by atoms with Gasteiger partial charge in [-0.25, -0.2) is 0 Å². The number of phenols is 1. The zero-order valence-electron chi connectivity index (χ0n) is 8.81. The van der Waals surface area contributed by atoms with Gasteiger partial charge in [0.15, 0.2) is 0 Å². The maximum absolute atomic E-state index is 11.7. The van der Waals surface area contributed by atoms with Crippen LogP contribution in [-0.4, -0.2) is 16.0 Å². The molecule has 0 radical (unpaired) electrons. The second-order valence-corrected chi connectivity index (χ2v) is 3.43. The zero-order chi connectivity index (χ0) is 12.3. The van der Waals surface area contributed by atoms with Crippen LogP contribution in [0.1, 0.15) is 10.5 Å². The molecule has 1 aromatic heterocycles. The molecule has 0 aliphatic carbocycles. The van der Waals surface area contributed by atoms with Crippen molar-refractivity contribution in [1.82, 2.24) is 4.98 Å². The number of rotatable bonds is 2. The summed E-state index contributed by atoms with van der Waals surface area (Å²) in [5, 5.41) is 11.8. The average Bonchev–Trinajstić information content (AvgIpc) is 2.29. The van der Waals surface area contributed by atoms with Gasteiger partial charge in [-0.15, -0.1) is 0 Å². The quantitative estimate of drug-likeness (QED) is 0.727. The van der Waals surface area contributed by atoms with Gasteiger partial charge in [-0.2, -0.15) is 0 Å². The molecule has 86 valence electrons. The third-order valence-corrected chi connectivity index (χ3v) is 2.12. The molecule has 0 spiro atoms. The average molecular weight is 230 g/mol. The summed E-state index contributed by atoms with van der Waals surface area (Å²) < 4.78 is 0. The van der Waals surface area contributed by atoms with Gasteiger partial charge < -0.3 is 15.4 Å². The Morgan fingerprint density at radius 3 is 2.65 bits per heavy atom. The van der Waals surface area contributed by atoms with Gasteiger partial charge in [0, 0.05) is 17.8 Å². The van der Waals surface area contributed by atoms with E-state index >= 15 is 0 Å². The molecule has 2 aromatic rings. The van der Waals surface area contributed by atoms with E-state index in [2.05, 4.69) is 10.3 Å². The number of carbonyl (C=O) groups is 1. The van der Waals surface area contributed by atoms with Gasteiger partial charge in [0.1, 0.15) is 11.4 Å². The molecule has 0 bridgehead atoms. The molecule has 0 unspecified atom stereocenters. The van der Waals surface area contributed by atoms with Crippen molar-refractivity contribution in [2.24, 2.45) is 0 Å². The first-order valence-electron chi connectivity index (χ1n) is 4.95. The molecule has 3 N–H and O–H groups in total. The molecule has 0 saturated heterocycles. The van der Waals surface area contributed by atoms with Crippen molar-refractivity contribution < 1.29 is 9.90 Å². The Hall–Kier alpha value is -2.56. The normalized spacial score (nSPS) is 9.88. The van der Waals surface area contributed by atoms with Gasteiger partial charge in [0.2, 0.25) is 5.56 Å². The Kier molecular flexibility index (Phi) is 2.91. The van der Waals surface area contributed by atoms with E-state index in [-0.39, 0.29) is 17.0 Å². The largest absolute Gasteiger partial charge is 0.508 e. The molecule has 2 rings (SSSR count). The highest BCUT2D eigenvalue weighted by atomic mass is 16.3. The molecule has 1 amide bonds. The zero-order valence-corrected chi connectivity index (χ0v) is 8.81. The first kappa shape index (κ1) is 10.9. The Morgan fingerprint density at radius 2 is 1.94 bits per heavy atom. The third kappa shape index (κ3) is 2.72. The molecular weight excluding hydrogens is 220 g/mol. The van der Waals surface area contributed by atoms with Crippen LogP contribution >= 0.6 is 0 Å². The van der Waals surface area contributed by atoms with Crippen molar-refractivity contribution in [3.8, 4) is 5.75 Å². The van der Waals surface area contributed by atoms with Crippen LogP contribution in [0.4, 0.5) is 5.69 Å². The molecule has 0 fully saturated rings. The molecule has 17 heavy (non-hydrogen) atoms. The van der Waals surface area contributed by atoms with Crippen molar-refractivity contribution in [2.45, 2.75) is 0 Å². The van der Waals surface area contributed by atoms with E-state index in [1.807, 2.05) is 0 Å². The molecule has 0 saturated carbocycles. The highest BCUT2D eigenvalue weighted by Gasteiger charge is 2.06. The summed E-state index contributed by atoms with van der Waals surface area (Å²) in [4.78, 5) is 25.2. The number of hydrogen-bond acceptors (Lipinski definition) is 3. The van der Waals surface area contributed by atoms with Gasteiger partial charge in [0.05, 0.1) is 0 Å². The Morgan fingerprint density at radius 1 is 1.18 bits per heavy atom. The van der Waals surface area contributed by atoms with E-state index in [0.29, 0.717) is 5.69 Å². The number of anilines is 1. The molecule has 1 heterocycles. The lowest BCUT2D eigenvalue weighted by molar-refractivity contribution is 0.102. The predicted octanol–water partition coefficient (Wildman–Crippen LogP) is 1.33. The number of carbonyl (C=O) groups excluding carboxylic acids is 1. The Bertz CT molecular complexity index is 604. The molecule has 0 aliphatic rings. The van der Waals surface area contributed by atoms with Crippen LogP contribution < -0.4 is 10.9 Å². The van der Waals surface area contributed by atoms with Crippen LogP contribution in [0, 0.1) is 0 Å². The molecular formula is C12H10N2O3. The van der Waals surface area contributed by atoms with Gasteiger partial charge in [-0.05, 0) is 18.2 Å². The number of hydrogen-bond donors (Lipinski definition) is 3. The van der Waals surface area contributed by atoms with E-state index in [4.69, 9.17) is 0 Å². The molecule has 5 nitrogen and oxygen atoms in total. The van der Waals surface area contributed by atoms with Gasteiger partial charge >= 0.3 is 0 Å². The first-order valence-corrected chi connectivity index (χ1v) is 4.95. The van der Waals surface area contributed by atoms with E-state index in [0.717, 1.165) is 0 Å². The minimum atomic E-state index is -0.437. The van der Waals surface area contributed by atoms with E-state index in [1.165, 1.54) is 30.3 Å². The van der Waals surface area contributed by atoms with Gasteiger partial charge in [0.25, 0.3) is 5.91 Å². The van der Waals surface area contributed by atoms with E-state index in [9.17, 15) is 14.7 Å². The second-order valence-electron chi connectivity index (χ2n) is 3.43. The predicted molar refractivity (Wildman–Crippen MR) is 63.1 cm³/mol. The standard InChI is InChI=1S/C12H10N2O3/c15-9-4-1-3-8(7-9)13-12(17)10-5-2-6-11(16)14-10/h1-7,15H,(H,13,17)(H,14,16). The summed E-state index contributed by atoms with van der Waals surface area (Å²) in [6, 6.07) is 10.5. The summed E-state index contributed by atoms with van der Waals surface area (Å²) in [5.41, 5.74) is 0.286. The van der Waals surface area contributed by atoms with Crippen molar-refractivity contribution in [3.05, 3.63) is 58.5 Å². The van der Waals surface area contributed by atoms with E-state index in [1.54, 1.807) is 12.1 Å². The summed E-state index contributed by atoms with van der Waals surface area (Å²) in [5.74, 6) is -0.377. The number of aromatic hydroxyl groups is 1. The minimum Gasteiger partial charge on any atom is -0.508 e. The lowest BCUT2D eigenvalue weighted by Crippen LogP contribution is -2.17. The number of aromatic nitrogens is 1. The number of nitrogens with one attached hydrogen (secondary N) is 2. The fraction of sp³-hybridized carbons (Fsp3) is 0. The number of benzene rings is 1. The highest BCUT2D eigenvalue weighted by Crippen LogP contribution is 2.15. The lowest BCUT2D eigenvalue weighted by Gasteiger charge is -2.04. The summed E-state index contributed by atoms with van der Waals surface area (Å²) in [6.07, 6.45) is 0. The summed E-state index contributed by atoms with van der Waals surface area (Å²) in [7, 11) is 0. The van der Waals surface area contributed by atoms with Gasteiger partial charge in [-0.3, -0.25) is 9.59 Å². The Labute approximate surface area is 96.7 Å². The minimum absolute atomic E-state index is 0.0596. The van der Waals surface area contributed by atoms with Crippen LogP contribution in [0.2, 0.25) is 0 Å². The molecule has 1 aromatic carbocycles. The monoisotopic (exact) mass is 230 g/mol. The summed E-state index contributed by atoms with van der Waals surface area (Å²) in [6.45, 7) is 0. The smallest absolute Gasteiger partial charge is 0.272 e. The molecule has 5 heteroatoms. The fourth-order valence-corrected chi connectivity index (χ4v) is 1.36. The SMILES string of the molecule is O=C(Nc1cccc(O)c1)c1cccc(=O)[nH]1. The van der Waals surface area contributed by atoms with Gasteiger partial charge in [-0.1, -0.05) is 12.1 Å².